The Morgan fingerprint density at radius 2 is 1.81 bits per heavy atom. The molecule has 0 saturated heterocycles. The number of anilines is 1. The Labute approximate surface area is 175 Å². The van der Waals surface area contributed by atoms with Crippen molar-refractivity contribution < 1.29 is 4.74 Å². The van der Waals surface area contributed by atoms with E-state index in [4.69, 9.17) is 4.74 Å². The lowest BCUT2D eigenvalue weighted by Gasteiger charge is -2.17. The topological polar surface area (TPSA) is 48.9 Å². The molecule has 1 aromatic rings. The molecule has 0 fully saturated rings. The molecule has 0 aromatic heterocycles. The van der Waals surface area contributed by atoms with E-state index in [0.717, 1.165) is 58.2 Å². The number of rotatable bonds is 10. The number of ether oxygens (including phenoxy) is 1. The highest BCUT2D eigenvalue weighted by molar-refractivity contribution is 14.0. The highest BCUT2D eigenvalue weighted by Gasteiger charge is 2.06. The summed E-state index contributed by atoms with van der Waals surface area (Å²) < 4.78 is 5.36. The number of nitrogens with zero attached hydrogens (tertiary/aromatic N) is 2. The molecule has 0 bridgehead atoms. The van der Waals surface area contributed by atoms with Gasteiger partial charge in [0.2, 0.25) is 0 Å². The van der Waals surface area contributed by atoms with Gasteiger partial charge in [-0.2, -0.15) is 0 Å². The number of aliphatic imine (C=N–C) groups is 1. The highest BCUT2D eigenvalue weighted by atomic mass is 127. The molecule has 0 unspecified atom stereocenters. The maximum absolute atomic E-state index is 5.36. The van der Waals surface area contributed by atoms with Crippen molar-refractivity contribution in [3.05, 3.63) is 42.0 Å². The van der Waals surface area contributed by atoms with Crippen molar-refractivity contribution in [2.24, 2.45) is 4.99 Å². The molecular weight excluding hydrogens is 439 g/mol. The molecule has 0 spiro atoms. The molecule has 2 N–H and O–H groups in total. The summed E-state index contributed by atoms with van der Waals surface area (Å²) in [5.41, 5.74) is 2.50. The molecule has 2 rings (SSSR count). The van der Waals surface area contributed by atoms with Crippen molar-refractivity contribution in [3.8, 4) is 0 Å². The monoisotopic (exact) mass is 472 g/mol. The van der Waals surface area contributed by atoms with Crippen molar-refractivity contribution in [2.75, 3.05) is 44.3 Å². The summed E-state index contributed by atoms with van der Waals surface area (Å²) in [6.07, 6.45) is 6.58. The van der Waals surface area contributed by atoms with Gasteiger partial charge in [-0.1, -0.05) is 24.3 Å². The van der Waals surface area contributed by atoms with Gasteiger partial charge in [0.25, 0.3) is 0 Å². The Morgan fingerprint density at radius 1 is 1.08 bits per heavy atom. The lowest BCUT2D eigenvalue weighted by atomic mass is 10.2. The number of hydrogen-bond donors (Lipinski definition) is 2. The van der Waals surface area contributed by atoms with Crippen molar-refractivity contribution in [1.29, 1.82) is 0 Å². The van der Waals surface area contributed by atoms with E-state index in [0.29, 0.717) is 6.54 Å². The zero-order valence-electron chi connectivity index (χ0n) is 16.0. The molecule has 0 aliphatic carbocycles. The predicted octanol–water partition coefficient (Wildman–Crippen LogP) is 3.55. The minimum Gasteiger partial charge on any atom is -0.382 e. The molecule has 26 heavy (non-hydrogen) atoms. The zero-order valence-corrected chi connectivity index (χ0v) is 18.4. The van der Waals surface area contributed by atoms with Crippen LogP contribution in [0, 0.1) is 0 Å². The summed E-state index contributed by atoms with van der Waals surface area (Å²) in [5.74, 6) is 0.881. The number of guanidine groups is 1. The van der Waals surface area contributed by atoms with E-state index >= 15 is 0 Å². The molecule has 1 aliphatic rings. The second-order valence-corrected chi connectivity index (χ2v) is 6.07. The van der Waals surface area contributed by atoms with Gasteiger partial charge >= 0.3 is 0 Å². The summed E-state index contributed by atoms with van der Waals surface area (Å²) >= 11 is 0. The molecule has 6 heteroatoms. The van der Waals surface area contributed by atoms with Crippen LogP contribution >= 0.6 is 24.0 Å². The molecular formula is C20H33IN4O. The van der Waals surface area contributed by atoms with Gasteiger partial charge in [-0.3, -0.25) is 0 Å². The van der Waals surface area contributed by atoms with Gasteiger partial charge in [0.15, 0.2) is 5.96 Å². The summed E-state index contributed by atoms with van der Waals surface area (Å²) in [4.78, 5) is 7.03. The molecule has 0 atom stereocenters. The molecule has 1 aromatic carbocycles. The first kappa shape index (κ1) is 22.8. The van der Waals surface area contributed by atoms with Crippen LogP contribution in [-0.4, -0.2) is 45.4 Å². The van der Waals surface area contributed by atoms with Crippen molar-refractivity contribution in [1.82, 2.24) is 10.6 Å². The van der Waals surface area contributed by atoms with E-state index < -0.39 is 0 Å². The largest absolute Gasteiger partial charge is 0.382 e. The van der Waals surface area contributed by atoms with Gasteiger partial charge in [0, 0.05) is 45.1 Å². The Hall–Kier alpha value is -1.28. The maximum Gasteiger partial charge on any atom is 0.191 e. The second kappa shape index (κ2) is 13.9. The number of nitrogens with one attached hydrogen (secondary N) is 2. The van der Waals surface area contributed by atoms with E-state index in [-0.39, 0.29) is 24.0 Å². The van der Waals surface area contributed by atoms with Crippen LogP contribution in [-0.2, 0) is 11.3 Å². The van der Waals surface area contributed by atoms with E-state index in [1.165, 1.54) is 11.3 Å². The van der Waals surface area contributed by atoms with Gasteiger partial charge in [0.1, 0.15) is 0 Å². The van der Waals surface area contributed by atoms with Crippen molar-refractivity contribution in [2.45, 2.75) is 33.2 Å². The van der Waals surface area contributed by atoms with E-state index in [2.05, 4.69) is 63.9 Å². The molecule has 0 radical (unpaired) electrons. The molecule has 0 saturated carbocycles. The van der Waals surface area contributed by atoms with Crippen molar-refractivity contribution >= 4 is 35.6 Å². The standard InChI is InChI=1S/C20H32N4O.HI/c1-3-21-20(22-13-5-8-16-25-4-2)23-17-18-9-11-19(12-10-18)24-14-6-7-15-24;/h6-7,9-12H,3-5,8,13-17H2,1-2H3,(H2,21,22,23);1H. The van der Waals surface area contributed by atoms with Crippen LogP contribution in [0.15, 0.2) is 41.4 Å². The molecule has 1 heterocycles. The third kappa shape index (κ3) is 8.40. The fraction of sp³-hybridized carbons (Fsp3) is 0.550. The summed E-state index contributed by atoms with van der Waals surface area (Å²) in [6.45, 7) is 10.2. The molecule has 5 nitrogen and oxygen atoms in total. The smallest absolute Gasteiger partial charge is 0.191 e. The number of halogens is 1. The Balaban J connectivity index is 0.00000338. The van der Waals surface area contributed by atoms with Gasteiger partial charge < -0.3 is 20.3 Å². The summed E-state index contributed by atoms with van der Waals surface area (Å²) in [6, 6.07) is 8.71. The van der Waals surface area contributed by atoms with Gasteiger partial charge in [-0.25, -0.2) is 4.99 Å². The summed E-state index contributed by atoms with van der Waals surface area (Å²) in [5, 5.41) is 6.69. The zero-order chi connectivity index (χ0) is 17.7. The summed E-state index contributed by atoms with van der Waals surface area (Å²) in [7, 11) is 0. The first-order valence-electron chi connectivity index (χ1n) is 9.42. The van der Waals surface area contributed by atoms with Gasteiger partial charge in [-0.15, -0.1) is 24.0 Å². The lowest BCUT2D eigenvalue weighted by Crippen LogP contribution is -2.37. The minimum atomic E-state index is 0. The Morgan fingerprint density at radius 3 is 2.46 bits per heavy atom. The highest BCUT2D eigenvalue weighted by Crippen LogP contribution is 2.17. The second-order valence-electron chi connectivity index (χ2n) is 6.07. The minimum absolute atomic E-state index is 0. The van der Waals surface area contributed by atoms with Crippen LogP contribution in [0.3, 0.4) is 0 Å². The normalized spacial score (nSPS) is 13.6. The predicted molar refractivity (Wildman–Crippen MR) is 122 cm³/mol. The van der Waals surface area contributed by atoms with Crippen LogP contribution in [0.2, 0.25) is 0 Å². The Bertz CT molecular complexity index is 537. The fourth-order valence-corrected chi connectivity index (χ4v) is 2.69. The van der Waals surface area contributed by atoms with E-state index in [1.54, 1.807) is 0 Å². The SMILES string of the molecule is CCNC(=NCc1ccc(N2CC=CC2)cc1)NCCCCOCC.I. The quantitative estimate of drug-likeness (QED) is 0.180. The first-order chi connectivity index (χ1) is 12.3. The number of unbranched alkanes of at least 4 members (excludes halogenated alkanes) is 1. The average molecular weight is 472 g/mol. The third-order valence-corrected chi connectivity index (χ3v) is 4.10. The van der Waals surface area contributed by atoms with Crippen LogP contribution in [0.25, 0.3) is 0 Å². The number of hydrogen-bond acceptors (Lipinski definition) is 3. The Kier molecular flexibility index (Phi) is 12.1. The van der Waals surface area contributed by atoms with Gasteiger partial charge in [0.05, 0.1) is 6.54 Å². The third-order valence-electron chi connectivity index (χ3n) is 4.10. The van der Waals surface area contributed by atoms with E-state index in [9.17, 15) is 0 Å². The van der Waals surface area contributed by atoms with Crippen LogP contribution in [0.4, 0.5) is 5.69 Å². The number of benzene rings is 1. The van der Waals surface area contributed by atoms with Crippen LogP contribution in [0.5, 0.6) is 0 Å². The van der Waals surface area contributed by atoms with E-state index in [1.807, 2.05) is 6.92 Å². The molecule has 146 valence electrons. The molecule has 1 aliphatic heterocycles. The van der Waals surface area contributed by atoms with Crippen LogP contribution < -0.4 is 15.5 Å². The fourth-order valence-electron chi connectivity index (χ4n) is 2.69. The first-order valence-corrected chi connectivity index (χ1v) is 9.42. The van der Waals surface area contributed by atoms with Crippen LogP contribution in [0.1, 0.15) is 32.3 Å². The average Bonchev–Trinajstić information content (AvgIpc) is 3.17. The lowest BCUT2D eigenvalue weighted by molar-refractivity contribution is 0.143. The molecule has 0 amide bonds. The van der Waals surface area contributed by atoms with Crippen molar-refractivity contribution in [3.63, 3.8) is 0 Å². The van der Waals surface area contributed by atoms with Gasteiger partial charge in [-0.05, 0) is 44.4 Å². The maximum atomic E-state index is 5.36.